The Morgan fingerprint density at radius 2 is 1.91 bits per heavy atom. The van der Waals surface area contributed by atoms with Crippen LogP contribution in [0.25, 0.3) is 0 Å². The lowest BCUT2D eigenvalue weighted by Gasteiger charge is -2.27. The van der Waals surface area contributed by atoms with Gasteiger partial charge in [0, 0.05) is 35.8 Å². The second kappa shape index (κ2) is 10.1. The number of para-hydroxylation sites is 1. The number of nitrogens with zero attached hydrogens (tertiary/aromatic N) is 3. The Morgan fingerprint density at radius 3 is 2.61 bits per heavy atom. The summed E-state index contributed by atoms with van der Waals surface area (Å²) in [4.78, 5) is 43.6. The number of thiazole rings is 1. The number of anilines is 1. The molecule has 1 aliphatic heterocycles. The summed E-state index contributed by atoms with van der Waals surface area (Å²) in [5, 5.41) is 16.3. The molecule has 0 saturated carbocycles. The summed E-state index contributed by atoms with van der Waals surface area (Å²) < 4.78 is 0.693. The summed E-state index contributed by atoms with van der Waals surface area (Å²) in [6, 6.07) is 11.2. The fourth-order valence-corrected chi connectivity index (χ4v) is 5.48. The number of amides is 2. The van der Waals surface area contributed by atoms with Crippen LogP contribution in [0.3, 0.4) is 0 Å². The van der Waals surface area contributed by atoms with E-state index in [9.17, 15) is 19.7 Å². The third-order valence-corrected chi connectivity index (χ3v) is 7.38. The lowest BCUT2D eigenvalue weighted by molar-refractivity contribution is -0.387. The van der Waals surface area contributed by atoms with E-state index >= 15 is 0 Å². The maximum atomic E-state index is 13.0. The molecule has 0 bridgehead atoms. The smallest absolute Gasteiger partial charge is 0.284 e. The van der Waals surface area contributed by atoms with Crippen LogP contribution < -0.4 is 5.32 Å². The van der Waals surface area contributed by atoms with Gasteiger partial charge in [0.15, 0.2) is 4.34 Å². The molecule has 4 rings (SSSR count). The van der Waals surface area contributed by atoms with E-state index in [0.29, 0.717) is 33.6 Å². The monoisotopic (exact) mass is 482 g/mol. The lowest BCUT2D eigenvalue weighted by atomic mass is 10.1. The summed E-state index contributed by atoms with van der Waals surface area (Å²) >= 11 is 2.60. The summed E-state index contributed by atoms with van der Waals surface area (Å²) in [7, 11) is 0. The van der Waals surface area contributed by atoms with Crippen molar-refractivity contribution in [3.05, 3.63) is 74.8 Å². The van der Waals surface area contributed by atoms with Crippen molar-refractivity contribution in [3.63, 3.8) is 0 Å². The maximum absolute atomic E-state index is 13.0. The Morgan fingerprint density at radius 1 is 1.15 bits per heavy atom. The highest BCUT2D eigenvalue weighted by Crippen LogP contribution is 2.37. The van der Waals surface area contributed by atoms with Crippen LogP contribution in [-0.4, -0.2) is 39.7 Å². The van der Waals surface area contributed by atoms with Crippen LogP contribution >= 0.6 is 23.1 Å². The molecule has 0 aliphatic carbocycles. The molecule has 3 aromatic rings. The minimum Gasteiger partial charge on any atom is -0.339 e. The van der Waals surface area contributed by atoms with Crippen molar-refractivity contribution < 1.29 is 14.5 Å². The third kappa shape index (κ3) is 5.40. The normalized spacial score (nSPS) is 13.5. The number of nitrogens with one attached hydrogen (secondary N) is 1. The van der Waals surface area contributed by atoms with Crippen molar-refractivity contribution in [2.75, 3.05) is 18.4 Å². The highest BCUT2D eigenvalue weighted by Gasteiger charge is 2.23. The van der Waals surface area contributed by atoms with E-state index in [-0.39, 0.29) is 17.2 Å². The SMILES string of the molecule is Cc1csc(Sc2ccc(C(=O)Nc3ccccc3C(=O)N3CCCCC3)cc2[N+](=O)[O-])n1. The molecule has 0 radical (unpaired) electrons. The Kier molecular flexibility index (Phi) is 7.05. The molecule has 1 aromatic heterocycles. The first-order valence-electron chi connectivity index (χ1n) is 10.5. The molecule has 1 aliphatic rings. The summed E-state index contributed by atoms with van der Waals surface area (Å²) in [6.07, 6.45) is 3.04. The number of aromatic nitrogens is 1. The molecule has 1 saturated heterocycles. The number of nitro benzene ring substituents is 1. The topological polar surface area (TPSA) is 105 Å². The molecule has 0 spiro atoms. The molecule has 0 atom stereocenters. The number of carbonyl (C=O) groups is 2. The van der Waals surface area contributed by atoms with E-state index in [1.807, 2.05) is 12.3 Å². The second-order valence-electron chi connectivity index (χ2n) is 7.65. The quantitative estimate of drug-likeness (QED) is 0.373. The Balaban J connectivity index is 1.56. The van der Waals surface area contributed by atoms with Gasteiger partial charge in [0.25, 0.3) is 17.5 Å². The molecule has 170 valence electrons. The first-order chi connectivity index (χ1) is 15.9. The molecular weight excluding hydrogens is 460 g/mol. The van der Waals surface area contributed by atoms with Crippen molar-refractivity contribution in [3.8, 4) is 0 Å². The Labute approximate surface area is 199 Å². The van der Waals surface area contributed by atoms with E-state index < -0.39 is 10.8 Å². The lowest BCUT2D eigenvalue weighted by Crippen LogP contribution is -2.36. The zero-order valence-corrected chi connectivity index (χ0v) is 19.6. The molecule has 8 nitrogen and oxygen atoms in total. The minimum atomic E-state index is -0.515. The van der Waals surface area contributed by atoms with Gasteiger partial charge in [-0.15, -0.1) is 11.3 Å². The van der Waals surface area contributed by atoms with Crippen LogP contribution in [0.4, 0.5) is 11.4 Å². The Hall–Kier alpha value is -3.24. The summed E-state index contributed by atoms with van der Waals surface area (Å²) in [6.45, 7) is 3.26. The van der Waals surface area contributed by atoms with Crippen molar-refractivity contribution >= 4 is 46.3 Å². The largest absolute Gasteiger partial charge is 0.339 e. The van der Waals surface area contributed by atoms with Crippen LogP contribution in [0.5, 0.6) is 0 Å². The molecule has 33 heavy (non-hydrogen) atoms. The van der Waals surface area contributed by atoms with Gasteiger partial charge < -0.3 is 10.2 Å². The maximum Gasteiger partial charge on any atom is 0.284 e. The number of hydrogen-bond acceptors (Lipinski definition) is 7. The minimum absolute atomic E-state index is 0.123. The van der Waals surface area contributed by atoms with Crippen LogP contribution in [0.1, 0.15) is 45.7 Å². The van der Waals surface area contributed by atoms with Gasteiger partial charge >= 0.3 is 0 Å². The van der Waals surface area contributed by atoms with Gasteiger partial charge in [0.1, 0.15) is 0 Å². The fourth-order valence-electron chi connectivity index (χ4n) is 3.60. The average molecular weight is 483 g/mol. The summed E-state index contributed by atoms with van der Waals surface area (Å²) in [5.74, 6) is -0.638. The predicted molar refractivity (Wildman–Crippen MR) is 128 cm³/mol. The first-order valence-corrected chi connectivity index (χ1v) is 12.2. The molecule has 2 heterocycles. The van der Waals surface area contributed by atoms with E-state index in [4.69, 9.17) is 0 Å². The zero-order chi connectivity index (χ0) is 23.4. The number of benzene rings is 2. The molecular formula is C23H22N4O4S2. The van der Waals surface area contributed by atoms with Gasteiger partial charge in [0.05, 0.1) is 21.1 Å². The van der Waals surface area contributed by atoms with Crippen molar-refractivity contribution in [1.29, 1.82) is 0 Å². The average Bonchev–Trinajstić information content (AvgIpc) is 3.24. The molecule has 2 aromatic carbocycles. The van der Waals surface area contributed by atoms with Gasteiger partial charge in [-0.3, -0.25) is 19.7 Å². The molecule has 1 N–H and O–H groups in total. The summed E-state index contributed by atoms with van der Waals surface area (Å²) in [5.41, 5.74) is 1.62. The highest BCUT2D eigenvalue weighted by molar-refractivity contribution is 8.01. The predicted octanol–water partition coefficient (Wildman–Crippen LogP) is 5.39. The van der Waals surface area contributed by atoms with Crippen LogP contribution in [0, 0.1) is 17.0 Å². The number of likely N-dealkylation sites (tertiary alicyclic amines) is 1. The molecule has 10 heteroatoms. The van der Waals surface area contributed by atoms with E-state index in [0.717, 1.165) is 25.0 Å². The Bertz CT molecular complexity index is 1200. The number of nitro groups is 1. The zero-order valence-electron chi connectivity index (χ0n) is 17.9. The standard InChI is InChI=1S/C23H22N4O4S2/c1-15-14-32-23(24-15)33-20-10-9-16(13-19(20)27(30)31)21(28)25-18-8-4-3-7-17(18)22(29)26-11-5-2-6-12-26/h3-4,7-10,13-14H,2,5-6,11-12H2,1H3,(H,25,28). The van der Waals surface area contributed by atoms with Gasteiger partial charge in [-0.25, -0.2) is 4.98 Å². The van der Waals surface area contributed by atoms with Gasteiger partial charge in [-0.1, -0.05) is 23.9 Å². The third-order valence-electron chi connectivity index (χ3n) is 5.26. The second-order valence-corrected chi connectivity index (χ2v) is 9.80. The molecule has 0 unspecified atom stereocenters. The van der Waals surface area contributed by atoms with Crippen molar-refractivity contribution in [1.82, 2.24) is 9.88 Å². The molecule has 2 amide bonds. The first kappa shape index (κ1) is 22.9. The van der Waals surface area contributed by atoms with Crippen molar-refractivity contribution in [2.24, 2.45) is 0 Å². The van der Waals surface area contributed by atoms with Gasteiger partial charge in [-0.05, 0) is 50.5 Å². The van der Waals surface area contributed by atoms with Crippen LogP contribution in [-0.2, 0) is 0 Å². The number of rotatable bonds is 6. The van der Waals surface area contributed by atoms with Gasteiger partial charge in [0.2, 0.25) is 0 Å². The fraction of sp³-hybridized carbons (Fsp3) is 0.261. The number of piperidine rings is 1. The molecule has 1 fully saturated rings. The van der Waals surface area contributed by atoms with Crippen molar-refractivity contribution in [2.45, 2.75) is 35.4 Å². The van der Waals surface area contributed by atoms with E-state index in [2.05, 4.69) is 10.3 Å². The van der Waals surface area contributed by atoms with Crippen LogP contribution in [0.2, 0.25) is 0 Å². The number of hydrogen-bond donors (Lipinski definition) is 1. The highest BCUT2D eigenvalue weighted by atomic mass is 32.2. The number of aryl methyl sites for hydroxylation is 1. The van der Waals surface area contributed by atoms with Crippen LogP contribution in [0.15, 0.2) is 57.1 Å². The van der Waals surface area contributed by atoms with Gasteiger partial charge in [-0.2, -0.15) is 0 Å². The van der Waals surface area contributed by atoms with E-state index in [1.54, 1.807) is 41.3 Å². The number of carbonyl (C=O) groups excluding carboxylic acids is 2. The van der Waals surface area contributed by atoms with E-state index in [1.165, 1.54) is 29.2 Å².